The first-order chi connectivity index (χ1) is 13.7. The van der Waals surface area contributed by atoms with Gasteiger partial charge in [0.15, 0.2) is 5.96 Å². The number of aliphatic hydroxyl groups excluding tert-OH is 1. The van der Waals surface area contributed by atoms with Gasteiger partial charge in [0.1, 0.15) is 5.75 Å². The molecule has 0 spiro atoms. The van der Waals surface area contributed by atoms with Crippen molar-refractivity contribution in [2.45, 2.75) is 32.3 Å². The molecule has 1 aromatic carbocycles. The zero-order valence-electron chi connectivity index (χ0n) is 17.2. The predicted molar refractivity (Wildman–Crippen MR) is 111 cm³/mol. The van der Waals surface area contributed by atoms with Crippen molar-refractivity contribution in [1.82, 2.24) is 10.6 Å². The van der Waals surface area contributed by atoms with E-state index in [1.54, 1.807) is 7.11 Å². The molecule has 0 aromatic heterocycles. The third kappa shape index (κ3) is 8.46. The highest BCUT2D eigenvalue weighted by atomic mass is 16.5. The van der Waals surface area contributed by atoms with Crippen molar-refractivity contribution in [3.05, 3.63) is 29.8 Å². The van der Waals surface area contributed by atoms with E-state index in [1.807, 2.05) is 31.2 Å². The van der Waals surface area contributed by atoms with Crippen LogP contribution in [0.1, 0.15) is 37.9 Å². The van der Waals surface area contributed by atoms with Gasteiger partial charge in [0.05, 0.1) is 19.8 Å². The second-order valence-electron chi connectivity index (χ2n) is 6.92. The minimum Gasteiger partial charge on any atom is -0.497 e. The molecule has 7 nitrogen and oxygen atoms in total. The summed E-state index contributed by atoms with van der Waals surface area (Å²) >= 11 is 0. The summed E-state index contributed by atoms with van der Waals surface area (Å²) in [6.45, 7) is 7.14. The smallest absolute Gasteiger partial charge is 0.191 e. The zero-order valence-corrected chi connectivity index (χ0v) is 17.2. The van der Waals surface area contributed by atoms with Gasteiger partial charge in [0.25, 0.3) is 0 Å². The van der Waals surface area contributed by atoms with Crippen LogP contribution in [0.15, 0.2) is 29.3 Å². The van der Waals surface area contributed by atoms with Gasteiger partial charge in [-0.2, -0.15) is 0 Å². The molecule has 158 valence electrons. The average molecular weight is 394 g/mol. The number of methoxy groups -OCH3 is 1. The first-order valence-corrected chi connectivity index (χ1v) is 10.2. The van der Waals surface area contributed by atoms with E-state index in [4.69, 9.17) is 14.2 Å². The Morgan fingerprint density at radius 3 is 2.68 bits per heavy atom. The molecule has 0 saturated carbocycles. The molecular weight excluding hydrogens is 358 g/mol. The molecule has 2 rings (SSSR count). The van der Waals surface area contributed by atoms with Crippen molar-refractivity contribution in [3.63, 3.8) is 0 Å². The molecule has 1 aromatic rings. The van der Waals surface area contributed by atoms with Gasteiger partial charge in [0, 0.05) is 39.5 Å². The summed E-state index contributed by atoms with van der Waals surface area (Å²) in [5.41, 5.74) is 0.821. The maximum absolute atomic E-state index is 10.3. The molecule has 28 heavy (non-hydrogen) atoms. The van der Waals surface area contributed by atoms with Crippen LogP contribution in [0.3, 0.4) is 0 Å². The first-order valence-electron chi connectivity index (χ1n) is 10.2. The van der Waals surface area contributed by atoms with Crippen LogP contribution >= 0.6 is 0 Å². The van der Waals surface area contributed by atoms with Crippen molar-refractivity contribution in [2.24, 2.45) is 10.9 Å². The summed E-state index contributed by atoms with van der Waals surface area (Å²) in [4.78, 5) is 4.48. The van der Waals surface area contributed by atoms with Gasteiger partial charge in [0.2, 0.25) is 0 Å². The summed E-state index contributed by atoms with van der Waals surface area (Å²) in [7, 11) is 1.63. The van der Waals surface area contributed by atoms with Crippen LogP contribution in [-0.2, 0) is 9.47 Å². The fraction of sp³-hybridized carbons (Fsp3) is 0.667. The van der Waals surface area contributed by atoms with Crippen molar-refractivity contribution >= 4 is 5.96 Å². The van der Waals surface area contributed by atoms with Crippen LogP contribution in [0.4, 0.5) is 0 Å². The molecule has 0 amide bonds. The Labute approximate surface area is 168 Å². The number of aliphatic hydroxyl groups is 1. The lowest BCUT2D eigenvalue weighted by Gasteiger charge is -2.21. The maximum Gasteiger partial charge on any atom is 0.191 e. The van der Waals surface area contributed by atoms with E-state index < -0.39 is 6.10 Å². The van der Waals surface area contributed by atoms with Crippen LogP contribution in [-0.4, -0.2) is 64.2 Å². The van der Waals surface area contributed by atoms with Gasteiger partial charge in [-0.05, 0) is 49.8 Å². The topological polar surface area (TPSA) is 84.3 Å². The number of benzene rings is 1. The molecule has 0 radical (unpaired) electrons. The number of nitrogens with zero attached hydrogens (tertiary/aromatic N) is 1. The van der Waals surface area contributed by atoms with E-state index in [0.717, 1.165) is 70.1 Å². The number of aliphatic imine (C=N–C) groups is 1. The molecule has 1 atom stereocenters. The second kappa shape index (κ2) is 13.4. The molecule has 0 aliphatic carbocycles. The zero-order chi connectivity index (χ0) is 20.0. The average Bonchev–Trinajstić information content (AvgIpc) is 2.75. The Hall–Kier alpha value is -1.83. The molecule has 1 saturated heterocycles. The van der Waals surface area contributed by atoms with Crippen molar-refractivity contribution in [3.8, 4) is 5.75 Å². The van der Waals surface area contributed by atoms with Gasteiger partial charge in [-0.25, -0.2) is 0 Å². The number of hydrogen-bond acceptors (Lipinski definition) is 5. The lowest BCUT2D eigenvalue weighted by molar-refractivity contribution is 0.0203. The highest BCUT2D eigenvalue weighted by Gasteiger charge is 2.13. The summed E-state index contributed by atoms with van der Waals surface area (Å²) in [6, 6.07) is 7.39. The lowest BCUT2D eigenvalue weighted by atomic mass is 10.0. The molecule has 1 heterocycles. The number of nitrogens with one attached hydrogen (secondary N) is 2. The number of ether oxygens (including phenoxy) is 3. The standard InChI is InChI=1S/C21H35N3O4/c1-3-22-21(23-11-4-12-28-16-17-9-13-27-14-10-17)24-15-20(25)18-5-7-19(26-2)8-6-18/h5-8,17,20,25H,3-4,9-16H2,1-2H3,(H2,22,23,24). The van der Waals surface area contributed by atoms with Crippen LogP contribution in [0.2, 0.25) is 0 Å². The fourth-order valence-corrected chi connectivity index (χ4v) is 3.00. The number of hydrogen-bond donors (Lipinski definition) is 3. The summed E-state index contributed by atoms with van der Waals surface area (Å²) in [6.07, 6.45) is 2.47. The monoisotopic (exact) mass is 393 g/mol. The highest BCUT2D eigenvalue weighted by Crippen LogP contribution is 2.17. The SMILES string of the molecule is CCNC(=NCC(O)c1ccc(OC)cc1)NCCCOCC1CCOCC1. The first kappa shape index (κ1) is 22.5. The summed E-state index contributed by atoms with van der Waals surface area (Å²) in [5.74, 6) is 2.12. The number of guanidine groups is 1. The van der Waals surface area contributed by atoms with E-state index in [9.17, 15) is 5.11 Å². The van der Waals surface area contributed by atoms with Gasteiger partial charge >= 0.3 is 0 Å². The normalized spacial score (nSPS) is 16.6. The molecule has 1 aliphatic heterocycles. The Morgan fingerprint density at radius 1 is 1.25 bits per heavy atom. The van der Waals surface area contributed by atoms with Crippen molar-refractivity contribution in [2.75, 3.05) is 53.2 Å². The second-order valence-corrected chi connectivity index (χ2v) is 6.92. The summed E-state index contributed by atoms with van der Waals surface area (Å²) < 4.78 is 16.3. The van der Waals surface area contributed by atoms with E-state index in [2.05, 4.69) is 15.6 Å². The molecule has 7 heteroatoms. The molecule has 0 bridgehead atoms. The quantitative estimate of drug-likeness (QED) is 0.303. The minimum atomic E-state index is -0.649. The van der Waals surface area contributed by atoms with Crippen LogP contribution in [0.5, 0.6) is 5.75 Å². The Balaban J connectivity index is 1.66. The molecule has 1 unspecified atom stereocenters. The third-order valence-corrected chi connectivity index (χ3v) is 4.72. The van der Waals surface area contributed by atoms with Gasteiger partial charge in [-0.3, -0.25) is 4.99 Å². The van der Waals surface area contributed by atoms with Gasteiger partial charge < -0.3 is 30.0 Å². The Morgan fingerprint density at radius 2 is 2.00 bits per heavy atom. The van der Waals surface area contributed by atoms with Crippen LogP contribution < -0.4 is 15.4 Å². The van der Waals surface area contributed by atoms with E-state index in [-0.39, 0.29) is 0 Å². The van der Waals surface area contributed by atoms with Crippen molar-refractivity contribution < 1.29 is 19.3 Å². The van der Waals surface area contributed by atoms with Crippen molar-refractivity contribution in [1.29, 1.82) is 0 Å². The van der Waals surface area contributed by atoms with Gasteiger partial charge in [-0.15, -0.1) is 0 Å². The number of rotatable bonds is 11. The molecule has 1 fully saturated rings. The Bertz CT molecular complexity index is 559. The highest BCUT2D eigenvalue weighted by molar-refractivity contribution is 5.79. The summed E-state index contributed by atoms with van der Waals surface area (Å²) in [5, 5.41) is 16.8. The predicted octanol–water partition coefficient (Wildman–Crippen LogP) is 2.12. The maximum atomic E-state index is 10.3. The van der Waals surface area contributed by atoms with E-state index >= 15 is 0 Å². The Kier molecular flexibility index (Phi) is 10.7. The van der Waals surface area contributed by atoms with Crippen LogP contribution in [0.25, 0.3) is 0 Å². The lowest BCUT2D eigenvalue weighted by Crippen LogP contribution is -2.38. The molecule has 1 aliphatic rings. The minimum absolute atomic E-state index is 0.294. The molecular formula is C21H35N3O4. The van der Waals surface area contributed by atoms with Crippen LogP contribution in [0, 0.1) is 5.92 Å². The van der Waals surface area contributed by atoms with E-state index in [1.165, 1.54) is 0 Å². The largest absolute Gasteiger partial charge is 0.497 e. The van der Waals surface area contributed by atoms with Gasteiger partial charge in [-0.1, -0.05) is 12.1 Å². The van der Waals surface area contributed by atoms with E-state index in [0.29, 0.717) is 18.4 Å². The molecule has 3 N–H and O–H groups in total. The third-order valence-electron chi connectivity index (χ3n) is 4.72. The fourth-order valence-electron chi connectivity index (χ4n) is 3.00.